The predicted octanol–water partition coefficient (Wildman–Crippen LogP) is 2.36. The summed E-state index contributed by atoms with van der Waals surface area (Å²) in [6.07, 6.45) is -4.80. The van der Waals surface area contributed by atoms with Crippen molar-refractivity contribution in [1.82, 2.24) is 15.2 Å². The summed E-state index contributed by atoms with van der Waals surface area (Å²) in [7, 11) is 1.97. The molecular formula is C22H27F3N4O3. The Morgan fingerprint density at radius 2 is 2.16 bits per heavy atom. The van der Waals surface area contributed by atoms with Crippen molar-refractivity contribution in [3.05, 3.63) is 35.0 Å². The van der Waals surface area contributed by atoms with E-state index in [1.54, 1.807) is 19.1 Å². The first kappa shape index (κ1) is 22.9. The number of morpholine rings is 2. The van der Waals surface area contributed by atoms with E-state index in [1.807, 2.05) is 7.05 Å². The van der Waals surface area contributed by atoms with Gasteiger partial charge in [-0.25, -0.2) is 0 Å². The number of rotatable bonds is 4. The molecule has 1 amide bonds. The van der Waals surface area contributed by atoms with Gasteiger partial charge in [0, 0.05) is 43.2 Å². The summed E-state index contributed by atoms with van der Waals surface area (Å²) in [6.45, 7) is 4.86. The molecule has 0 radical (unpaired) electrons. The number of anilines is 1. The third-order valence-corrected chi connectivity index (χ3v) is 5.97. The summed E-state index contributed by atoms with van der Waals surface area (Å²) in [4.78, 5) is 19.2. The van der Waals surface area contributed by atoms with Gasteiger partial charge in [-0.05, 0) is 37.7 Å². The van der Waals surface area contributed by atoms with Gasteiger partial charge in [-0.15, -0.1) is 0 Å². The fourth-order valence-electron chi connectivity index (χ4n) is 4.10. The molecule has 1 aromatic heterocycles. The van der Waals surface area contributed by atoms with Crippen LogP contribution in [0.4, 0.5) is 18.9 Å². The standard InChI is InChI=1S/C22H27F3N4O3/c1-13-9-17(22(23,24)25)20-16(19(13)28-21(30)18-11-26-5-7-32-18)4-3-14(27-20)10-15-12-31-8-6-29(15)2/h3-4,9,15,18,26H,5-8,10-12H2,1-2H3,(H,28,30)/t15-,18-/m1/s1. The van der Waals surface area contributed by atoms with Crippen LogP contribution in [0.25, 0.3) is 10.9 Å². The number of nitrogens with one attached hydrogen (secondary N) is 2. The quantitative estimate of drug-likeness (QED) is 0.742. The van der Waals surface area contributed by atoms with Crippen LogP contribution >= 0.6 is 0 Å². The fraction of sp³-hybridized carbons (Fsp3) is 0.545. The molecule has 2 saturated heterocycles. The predicted molar refractivity (Wildman–Crippen MR) is 114 cm³/mol. The van der Waals surface area contributed by atoms with E-state index in [4.69, 9.17) is 9.47 Å². The highest BCUT2D eigenvalue weighted by atomic mass is 19.4. The van der Waals surface area contributed by atoms with Crippen molar-refractivity contribution in [3.8, 4) is 0 Å². The normalized spacial score (nSPS) is 22.8. The van der Waals surface area contributed by atoms with Gasteiger partial charge >= 0.3 is 6.18 Å². The van der Waals surface area contributed by atoms with E-state index in [1.165, 1.54) is 0 Å². The van der Waals surface area contributed by atoms with Crippen LogP contribution in [0.2, 0.25) is 0 Å². The molecule has 2 aliphatic heterocycles. The van der Waals surface area contributed by atoms with Crippen molar-refractivity contribution in [2.45, 2.75) is 31.7 Å². The molecule has 4 rings (SSSR count). The summed E-state index contributed by atoms with van der Waals surface area (Å²) in [5, 5.41) is 6.10. The lowest BCUT2D eigenvalue weighted by molar-refractivity contribution is -0.136. The van der Waals surface area contributed by atoms with Crippen LogP contribution in [0.1, 0.15) is 16.8 Å². The molecule has 32 heavy (non-hydrogen) atoms. The zero-order valence-electron chi connectivity index (χ0n) is 18.1. The van der Waals surface area contributed by atoms with Crippen molar-refractivity contribution in [2.75, 3.05) is 51.8 Å². The molecule has 0 saturated carbocycles. The number of pyridine rings is 1. The smallest absolute Gasteiger partial charge is 0.378 e. The molecular weight excluding hydrogens is 425 g/mol. The maximum atomic E-state index is 13.9. The van der Waals surface area contributed by atoms with E-state index in [9.17, 15) is 18.0 Å². The number of nitrogens with zero attached hydrogens (tertiary/aromatic N) is 2. The zero-order chi connectivity index (χ0) is 22.9. The van der Waals surface area contributed by atoms with E-state index >= 15 is 0 Å². The van der Waals surface area contributed by atoms with Gasteiger partial charge < -0.3 is 20.1 Å². The Balaban J connectivity index is 1.71. The number of aromatic nitrogens is 1. The van der Waals surface area contributed by atoms with Crippen LogP contribution in [0.5, 0.6) is 0 Å². The second-order valence-corrected chi connectivity index (χ2v) is 8.28. The van der Waals surface area contributed by atoms with Crippen LogP contribution in [-0.2, 0) is 26.9 Å². The topological polar surface area (TPSA) is 75.7 Å². The average Bonchev–Trinajstić information content (AvgIpc) is 2.77. The molecule has 174 valence electrons. The minimum absolute atomic E-state index is 0.0450. The van der Waals surface area contributed by atoms with Crippen molar-refractivity contribution in [3.63, 3.8) is 0 Å². The van der Waals surface area contributed by atoms with Crippen LogP contribution in [0, 0.1) is 6.92 Å². The first-order chi connectivity index (χ1) is 15.2. The zero-order valence-corrected chi connectivity index (χ0v) is 18.1. The van der Waals surface area contributed by atoms with E-state index in [2.05, 4.69) is 20.5 Å². The van der Waals surface area contributed by atoms with E-state index in [0.717, 1.165) is 12.6 Å². The number of hydrogen-bond donors (Lipinski definition) is 2. The van der Waals surface area contributed by atoms with Gasteiger partial charge in [-0.3, -0.25) is 14.7 Å². The Bertz CT molecular complexity index is 993. The number of ether oxygens (including phenoxy) is 2. The summed E-state index contributed by atoms with van der Waals surface area (Å²) in [6, 6.07) is 4.42. The Hall–Kier alpha value is -2.27. The third-order valence-electron chi connectivity index (χ3n) is 5.97. The Morgan fingerprint density at radius 1 is 1.34 bits per heavy atom. The SMILES string of the molecule is Cc1cc(C(F)(F)F)c2nc(C[C@@H]3COCCN3C)ccc2c1NC(=O)[C@H]1CNCCO1. The Labute approximate surface area is 184 Å². The van der Waals surface area contributed by atoms with Crippen molar-refractivity contribution in [1.29, 1.82) is 0 Å². The van der Waals surface area contributed by atoms with E-state index in [-0.39, 0.29) is 16.9 Å². The van der Waals surface area contributed by atoms with Gasteiger partial charge in [-0.1, -0.05) is 0 Å². The van der Waals surface area contributed by atoms with Crippen molar-refractivity contribution in [2.24, 2.45) is 0 Å². The molecule has 2 aromatic rings. The number of aryl methyl sites for hydroxylation is 1. The minimum atomic E-state index is -4.57. The van der Waals surface area contributed by atoms with Crippen molar-refractivity contribution >= 4 is 22.5 Å². The highest BCUT2D eigenvalue weighted by Gasteiger charge is 2.35. The molecule has 2 atom stereocenters. The molecule has 1 aromatic carbocycles. The number of alkyl halides is 3. The van der Waals surface area contributed by atoms with Crippen LogP contribution in [0.3, 0.4) is 0 Å². The van der Waals surface area contributed by atoms with Crippen LogP contribution < -0.4 is 10.6 Å². The van der Waals surface area contributed by atoms with E-state index < -0.39 is 23.8 Å². The van der Waals surface area contributed by atoms with Gasteiger partial charge in [0.25, 0.3) is 5.91 Å². The highest BCUT2D eigenvalue weighted by Crippen LogP contribution is 2.39. The summed E-state index contributed by atoms with van der Waals surface area (Å²) in [5.41, 5.74) is 0.208. The van der Waals surface area contributed by atoms with Crippen LogP contribution in [-0.4, -0.2) is 74.4 Å². The van der Waals surface area contributed by atoms with Gasteiger partial charge in [0.1, 0.15) is 6.10 Å². The fourth-order valence-corrected chi connectivity index (χ4v) is 4.10. The number of halogens is 3. The van der Waals surface area contributed by atoms with E-state index in [0.29, 0.717) is 56.3 Å². The van der Waals surface area contributed by atoms with Gasteiger partial charge in [0.2, 0.25) is 0 Å². The lowest BCUT2D eigenvalue weighted by Crippen LogP contribution is -2.45. The number of fused-ring (bicyclic) bond motifs is 1. The first-order valence-corrected chi connectivity index (χ1v) is 10.7. The molecule has 2 aliphatic rings. The van der Waals surface area contributed by atoms with Gasteiger partial charge in [0.05, 0.1) is 36.6 Å². The maximum Gasteiger partial charge on any atom is 0.418 e. The van der Waals surface area contributed by atoms with Crippen molar-refractivity contribution < 1.29 is 27.4 Å². The lowest BCUT2D eigenvalue weighted by atomic mass is 10.0. The Morgan fingerprint density at radius 3 is 2.84 bits per heavy atom. The number of benzene rings is 1. The molecule has 2 fully saturated rings. The monoisotopic (exact) mass is 452 g/mol. The summed E-state index contributed by atoms with van der Waals surface area (Å²) in [5.74, 6) is -0.397. The summed E-state index contributed by atoms with van der Waals surface area (Å²) >= 11 is 0. The van der Waals surface area contributed by atoms with Crippen LogP contribution in [0.15, 0.2) is 18.2 Å². The number of amides is 1. The number of carbonyl (C=O) groups is 1. The molecule has 0 spiro atoms. The molecule has 0 aliphatic carbocycles. The molecule has 7 nitrogen and oxygen atoms in total. The second-order valence-electron chi connectivity index (χ2n) is 8.28. The lowest BCUT2D eigenvalue weighted by Gasteiger charge is -2.32. The molecule has 0 bridgehead atoms. The number of carbonyl (C=O) groups excluding carboxylic acids is 1. The maximum absolute atomic E-state index is 13.9. The summed E-state index contributed by atoms with van der Waals surface area (Å²) < 4.78 is 52.5. The first-order valence-electron chi connectivity index (χ1n) is 10.7. The molecule has 0 unspecified atom stereocenters. The molecule has 2 N–H and O–H groups in total. The molecule has 10 heteroatoms. The van der Waals surface area contributed by atoms with Gasteiger partial charge in [-0.2, -0.15) is 13.2 Å². The average molecular weight is 452 g/mol. The molecule has 3 heterocycles. The Kier molecular flexibility index (Phi) is 6.66. The number of hydrogen-bond acceptors (Lipinski definition) is 6. The van der Waals surface area contributed by atoms with Gasteiger partial charge in [0.15, 0.2) is 0 Å². The minimum Gasteiger partial charge on any atom is -0.378 e. The highest BCUT2D eigenvalue weighted by molar-refractivity contribution is 6.05. The largest absolute Gasteiger partial charge is 0.418 e. The number of likely N-dealkylation sites (N-methyl/N-ethyl adjacent to an activating group) is 1. The second kappa shape index (κ2) is 9.30. The third kappa shape index (κ3) is 4.88.